The van der Waals surface area contributed by atoms with Crippen molar-refractivity contribution < 1.29 is 17.9 Å². The van der Waals surface area contributed by atoms with Gasteiger partial charge in [-0.3, -0.25) is 5.32 Å². The molecule has 10 heteroatoms. The first-order valence-corrected chi connectivity index (χ1v) is 9.65. The number of morpholine rings is 1. The van der Waals surface area contributed by atoms with Crippen LogP contribution in [0.15, 0.2) is 47.5 Å². The molecule has 0 saturated carbocycles. The Kier molecular flexibility index (Phi) is 5.72. The van der Waals surface area contributed by atoms with Gasteiger partial charge in [0.1, 0.15) is 5.82 Å². The lowest BCUT2D eigenvalue weighted by Crippen LogP contribution is -2.40. The normalized spacial score (nSPS) is 15.4. The van der Waals surface area contributed by atoms with E-state index in [0.717, 1.165) is 0 Å². The molecule has 26 heavy (non-hydrogen) atoms. The summed E-state index contributed by atoms with van der Waals surface area (Å²) in [5.74, 6) is 0.359. The highest BCUT2D eigenvalue weighted by atomic mass is 35.5. The fourth-order valence-corrected chi connectivity index (χ4v) is 4.00. The van der Waals surface area contributed by atoms with Crippen LogP contribution in [0.4, 0.5) is 16.3 Å². The Hall–Kier alpha value is -2.20. The van der Waals surface area contributed by atoms with Gasteiger partial charge >= 0.3 is 6.03 Å². The van der Waals surface area contributed by atoms with Gasteiger partial charge in [0.2, 0.25) is 10.0 Å². The van der Waals surface area contributed by atoms with Gasteiger partial charge in [0, 0.05) is 19.3 Å². The van der Waals surface area contributed by atoms with Crippen molar-refractivity contribution in [3.8, 4) is 0 Å². The molecule has 2 N–H and O–H groups in total. The highest BCUT2D eigenvalue weighted by Gasteiger charge is 2.27. The topological polar surface area (TPSA) is 101 Å². The molecule has 138 valence electrons. The van der Waals surface area contributed by atoms with Crippen molar-refractivity contribution in [2.75, 3.05) is 36.9 Å². The van der Waals surface area contributed by atoms with Crippen molar-refractivity contribution in [1.82, 2.24) is 9.29 Å². The molecule has 1 fully saturated rings. The highest BCUT2D eigenvalue weighted by Crippen LogP contribution is 2.27. The fraction of sp³-hybridized carbons (Fsp3) is 0.250. The van der Waals surface area contributed by atoms with Crippen molar-refractivity contribution in [3.63, 3.8) is 0 Å². The zero-order chi connectivity index (χ0) is 18.6. The van der Waals surface area contributed by atoms with Crippen LogP contribution in [0.5, 0.6) is 0 Å². The lowest BCUT2D eigenvalue weighted by Gasteiger charge is -2.26. The summed E-state index contributed by atoms with van der Waals surface area (Å²) in [6.07, 6.45) is 1.54. The van der Waals surface area contributed by atoms with Gasteiger partial charge in [-0.15, -0.1) is 0 Å². The van der Waals surface area contributed by atoms with Crippen LogP contribution in [0.1, 0.15) is 0 Å². The Balaban J connectivity index is 1.78. The van der Waals surface area contributed by atoms with Gasteiger partial charge in [-0.05, 0) is 30.3 Å². The number of amides is 2. The quantitative estimate of drug-likeness (QED) is 0.826. The maximum atomic E-state index is 12.7. The first-order chi connectivity index (χ1) is 12.5. The van der Waals surface area contributed by atoms with Crippen LogP contribution in [0, 0.1) is 0 Å². The number of anilines is 2. The molecule has 1 aromatic heterocycles. The minimum atomic E-state index is -3.69. The molecule has 2 aromatic rings. The monoisotopic (exact) mass is 396 g/mol. The van der Waals surface area contributed by atoms with Gasteiger partial charge < -0.3 is 10.1 Å². The molecule has 1 saturated heterocycles. The molecule has 1 aliphatic heterocycles. The molecule has 0 atom stereocenters. The minimum Gasteiger partial charge on any atom is -0.379 e. The van der Waals surface area contributed by atoms with E-state index in [-0.39, 0.29) is 28.7 Å². The number of urea groups is 1. The van der Waals surface area contributed by atoms with E-state index in [4.69, 9.17) is 16.3 Å². The summed E-state index contributed by atoms with van der Waals surface area (Å²) in [7, 11) is -3.69. The van der Waals surface area contributed by atoms with E-state index < -0.39 is 16.1 Å². The number of nitrogens with one attached hydrogen (secondary N) is 2. The van der Waals surface area contributed by atoms with Crippen LogP contribution in [0.25, 0.3) is 0 Å². The van der Waals surface area contributed by atoms with Crippen molar-refractivity contribution in [2.24, 2.45) is 0 Å². The van der Waals surface area contributed by atoms with Gasteiger partial charge in [-0.2, -0.15) is 4.31 Å². The summed E-state index contributed by atoms with van der Waals surface area (Å²) in [4.78, 5) is 16.1. The van der Waals surface area contributed by atoms with Crippen LogP contribution in [0.3, 0.4) is 0 Å². The molecular weight excluding hydrogens is 380 g/mol. The van der Waals surface area contributed by atoms with Crippen molar-refractivity contribution in [3.05, 3.63) is 47.6 Å². The SMILES string of the molecule is O=C(Nc1ccccn1)Nc1cc(S(=O)(=O)N2CCOCC2)ccc1Cl. The number of carbonyl (C=O) groups excluding carboxylic acids is 1. The molecule has 0 unspecified atom stereocenters. The Bertz CT molecular complexity index is 886. The summed E-state index contributed by atoms with van der Waals surface area (Å²) in [6, 6.07) is 8.68. The third-order valence-electron chi connectivity index (χ3n) is 3.70. The summed E-state index contributed by atoms with van der Waals surface area (Å²) >= 11 is 6.09. The number of sulfonamides is 1. The number of benzene rings is 1. The summed E-state index contributed by atoms with van der Waals surface area (Å²) < 4.78 is 32.0. The van der Waals surface area contributed by atoms with Crippen molar-refractivity contribution in [2.45, 2.75) is 4.90 Å². The molecule has 8 nitrogen and oxygen atoms in total. The Morgan fingerprint density at radius 3 is 2.62 bits per heavy atom. The van der Waals surface area contributed by atoms with Gasteiger partial charge in [0.05, 0.1) is 28.8 Å². The predicted octanol–water partition coefficient (Wildman–Crippen LogP) is 2.40. The Morgan fingerprint density at radius 2 is 1.92 bits per heavy atom. The molecule has 1 aromatic carbocycles. The second-order valence-corrected chi connectivity index (χ2v) is 7.80. The molecule has 0 bridgehead atoms. The van der Waals surface area contributed by atoms with Gasteiger partial charge in [-0.25, -0.2) is 18.2 Å². The molecule has 0 aliphatic carbocycles. The smallest absolute Gasteiger partial charge is 0.324 e. The van der Waals surface area contributed by atoms with Gasteiger partial charge in [0.25, 0.3) is 0 Å². The molecule has 3 rings (SSSR count). The van der Waals surface area contributed by atoms with Crippen LogP contribution in [-0.2, 0) is 14.8 Å². The van der Waals surface area contributed by atoms with Crippen molar-refractivity contribution in [1.29, 1.82) is 0 Å². The average molecular weight is 397 g/mol. The second kappa shape index (κ2) is 8.00. The molecule has 0 radical (unpaired) electrons. The van der Waals surface area contributed by atoms with E-state index in [0.29, 0.717) is 19.0 Å². The third-order valence-corrected chi connectivity index (χ3v) is 5.92. The third kappa shape index (κ3) is 4.31. The first kappa shape index (κ1) is 18.6. The van der Waals surface area contributed by atoms with Gasteiger partial charge in [-0.1, -0.05) is 17.7 Å². The lowest BCUT2D eigenvalue weighted by molar-refractivity contribution is 0.0730. The number of ether oxygens (including phenoxy) is 1. The van der Waals surface area contributed by atoms with E-state index in [2.05, 4.69) is 15.6 Å². The van der Waals surface area contributed by atoms with E-state index in [1.807, 2.05) is 0 Å². The summed E-state index contributed by atoms with van der Waals surface area (Å²) in [5.41, 5.74) is 0.189. The molecule has 2 amide bonds. The van der Waals surface area contributed by atoms with E-state index >= 15 is 0 Å². The van der Waals surface area contributed by atoms with Crippen LogP contribution < -0.4 is 10.6 Å². The number of aromatic nitrogens is 1. The zero-order valence-corrected chi connectivity index (χ0v) is 15.3. The maximum absolute atomic E-state index is 12.7. The number of hydrogen-bond acceptors (Lipinski definition) is 5. The predicted molar refractivity (Wildman–Crippen MR) is 97.9 cm³/mol. The number of carbonyl (C=O) groups is 1. The number of rotatable bonds is 4. The summed E-state index contributed by atoms with van der Waals surface area (Å²) in [6.45, 7) is 1.27. The summed E-state index contributed by atoms with van der Waals surface area (Å²) in [5, 5.41) is 5.31. The van der Waals surface area contributed by atoms with Crippen LogP contribution >= 0.6 is 11.6 Å². The standard InChI is InChI=1S/C16H17ClN4O4S/c17-13-5-4-12(26(23,24)21-7-9-25-10-8-21)11-14(13)19-16(22)20-15-3-1-2-6-18-15/h1-6,11H,7-10H2,(H2,18,19,20,22). The molecular formula is C16H17ClN4O4S. The average Bonchev–Trinajstić information content (AvgIpc) is 2.65. The molecule has 1 aliphatic rings. The van der Waals surface area contributed by atoms with E-state index in [1.165, 1.54) is 28.7 Å². The largest absolute Gasteiger partial charge is 0.379 e. The van der Waals surface area contributed by atoms with E-state index in [9.17, 15) is 13.2 Å². The molecule has 2 heterocycles. The number of hydrogen-bond donors (Lipinski definition) is 2. The maximum Gasteiger partial charge on any atom is 0.324 e. The number of nitrogens with zero attached hydrogens (tertiary/aromatic N) is 2. The molecule has 0 spiro atoms. The van der Waals surface area contributed by atoms with Crippen LogP contribution in [-0.4, -0.2) is 50.0 Å². The second-order valence-electron chi connectivity index (χ2n) is 5.45. The van der Waals surface area contributed by atoms with Crippen molar-refractivity contribution >= 4 is 39.2 Å². The lowest BCUT2D eigenvalue weighted by atomic mass is 10.3. The zero-order valence-electron chi connectivity index (χ0n) is 13.7. The first-order valence-electron chi connectivity index (χ1n) is 7.83. The Labute approximate surface area is 156 Å². The van der Waals surface area contributed by atoms with Crippen LogP contribution in [0.2, 0.25) is 5.02 Å². The minimum absolute atomic E-state index is 0.0527. The fourth-order valence-electron chi connectivity index (χ4n) is 2.40. The Morgan fingerprint density at radius 1 is 1.15 bits per heavy atom. The highest BCUT2D eigenvalue weighted by molar-refractivity contribution is 7.89. The number of pyridine rings is 1. The number of halogens is 1. The van der Waals surface area contributed by atoms with E-state index in [1.54, 1.807) is 18.2 Å². The van der Waals surface area contributed by atoms with Gasteiger partial charge in [0.15, 0.2) is 0 Å².